The van der Waals surface area contributed by atoms with Gasteiger partial charge in [-0.3, -0.25) is 4.68 Å². The van der Waals surface area contributed by atoms with Crippen molar-refractivity contribution in [2.24, 2.45) is 0 Å². The fourth-order valence-corrected chi connectivity index (χ4v) is 2.83. The van der Waals surface area contributed by atoms with E-state index in [0.717, 1.165) is 17.5 Å². The molecule has 0 aliphatic heterocycles. The Bertz CT molecular complexity index is 984. The van der Waals surface area contributed by atoms with Crippen LogP contribution in [0.25, 0.3) is 11.1 Å². The fraction of sp³-hybridized carbons (Fsp3) is 0.150. The number of benzene rings is 2. The number of aromatic nitrogens is 3. The second-order valence-electron chi connectivity index (χ2n) is 5.90. The maximum atomic E-state index is 11.5. The van der Waals surface area contributed by atoms with E-state index < -0.39 is 5.97 Å². The van der Waals surface area contributed by atoms with Gasteiger partial charge in [-0.2, -0.15) is 4.98 Å². The smallest absolute Gasteiger partial charge is 0.361 e. The Labute approximate surface area is 150 Å². The first kappa shape index (κ1) is 17.4. The molecule has 0 fully saturated rings. The second kappa shape index (κ2) is 7.65. The van der Waals surface area contributed by atoms with E-state index in [1.807, 2.05) is 30.3 Å². The number of aromatic carboxylic acids is 1. The number of rotatable bonds is 7. The van der Waals surface area contributed by atoms with E-state index in [4.69, 9.17) is 0 Å². The maximum Gasteiger partial charge on any atom is 0.361 e. The van der Waals surface area contributed by atoms with Crippen molar-refractivity contribution in [1.82, 2.24) is 14.8 Å². The second-order valence-corrected chi connectivity index (χ2v) is 5.90. The van der Waals surface area contributed by atoms with Crippen molar-refractivity contribution in [2.45, 2.75) is 19.4 Å². The first-order chi connectivity index (χ1) is 12.6. The zero-order chi connectivity index (χ0) is 18.5. The van der Waals surface area contributed by atoms with Crippen molar-refractivity contribution in [3.05, 3.63) is 88.6 Å². The van der Waals surface area contributed by atoms with Crippen LogP contribution < -0.4 is 5.69 Å². The van der Waals surface area contributed by atoms with E-state index >= 15 is 0 Å². The Morgan fingerprint density at radius 3 is 2.62 bits per heavy atom. The molecule has 0 bridgehead atoms. The summed E-state index contributed by atoms with van der Waals surface area (Å²) in [6, 6.07) is 14.5. The number of carboxylic acid groups (broad SMARTS) is 1. The van der Waals surface area contributed by atoms with Crippen LogP contribution in [0, 0.1) is 0 Å². The van der Waals surface area contributed by atoms with Crippen LogP contribution in [0.15, 0.2) is 66.0 Å². The minimum Gasteiger partial charge on any atom is -0.478 e. The Balaban J connectivity index is 1.84. The largest absolute Gasteiger partial charge is 0.478 e. The number of aryl methyl sites for hydroxylation is 1. The molecule has 0 amide bonds. The highest BCUT2D eigenvalue weighted by Crippen LogP contribution is 2.24. The Hall–Kier alpha value is -3.41. The minimum absolute atomic E-state index is 0.269. The summed E-state index contributed by atoms with van der Waals surface area (Å²) in [5, 5.41) is 12.0. The molecular weight excluding hydrogens is 330 g/mol. The highest BCUT2D eigenvalue weighted by Gasteiger charge is 2.11. The molecule has 0 atom stereocenters. The molecule has 6 heteroatoms. The summed E-state index contributed by atoms with van der Waals surface area (Å²) in [5.74, 6) is -0.289. The molecule has 0 saturated heterocycles. The van der Waals surface area contributed by atoms with Crippen LogP contribution in [0.3, 0.4) is 0 Å². The summed E-state index contributed by atoms with van der Waals surface area (Å²) in [4.78, 5) is 26.9. The zero-order valence-electron chi connectivity index (χ0n) is 14.2. The number of allylic oxidation sites excluding steroid dienone is 1. The molecule has 1 heterocycles. The van der Waals surface area contributed by atoms with Crippen LogP contribution in [0.2, 0.25) is 0 Å². The molecule has 0 aliphatic carbocycles. The fourth-order valence-electron chi connectivity index (χ4n) is 2.83. The van der Waals surface area contributed by atoms with Gasteiger partial charge in [0.05, 0.1) is 5.56 Å². The predicted octanol–water partition coefficient (Wildman–Crippen LogP) is 3.10. The van der Waals surface area contributed by atoms with Crippen LogP contribution in [-0.4, -0.2) is 25.8 Å². The van der Waals surface area contributed by atoms with Crippen molar-refractivity contribution >= 4 is 5.97 Å². The van der Waals surface area contributed by atoms with Gasteiger partial charge in [0, 0.05) is 13.0 Å². The lowest BCUT2D eigenvalue weighted by atomic mass is 9.98. The number of carboxylic acids is 1. The molecule has 2 aromatic carbocycles. The molecule has 6 nitrogen and oxygen atoms in total. The van der Waals surface area contributed by atoms with E-state index in [0.29, 0.717) is 24.4 Å². The highest BCUT2D eigenvalue weighted by molar-refractivity contribution is 5.95. The third kappa shape index (κ3) is 3.80. The van der Waals surface area contributed by atoms with Gasteiger partial charge in [-0.15, -0.1) is 6.58 Å². The number of hydrogen-bond acceptors (Lipinski definition) is 3. The molecule has 0 radical (unpaired) electrons. The van der Waals surface area contributed by atoms with Gasteiger partial charge in [0.1, 0.15) is 5.82 Å². The minimum atomic E-state index is -0.951. The van der Waals surface area contributed by atoms with Gasteiger partial charge in [0.25, 0.3) is 0 Å². The van der Waals surface area contributed by atoms with E-state index in [-0.39, 0.29) is 11.3 Å². The summed E-state index contributed by atoms with van der Waals surface area (Å²) in [6.45, 7) is 4.31. The lowest BCUT2D eigenvalue weighted by Crippen LogP contribution is -2.07. The molecule has 26 heavy (non-hydrogen) atoms. The lowest BCUT2D eigenvalue weighted by Gasteiger charge is -2.08. The Morgan fingerprint density at radius 1 is 1.19 bits per heavy atom. The zero-order valence-corrected chi connectivity index (χ0v) is 14.2. The first-order valence-corrected chi connectivity index (χ1v) is 8.26. The van der Waals surface area contributed by atoms with Crippen molar-refractivity contribution in [3.8, 4) is 11.1 Å². The van der Waals surface area contributed by atoms with Gasteiger partial charge >= 0.3 is 11.7 Å². The molecule has 0 unspecified atom stereocenters. The average molecular weight is 349 g/mol. The first-order valence-electron chi connectivity index (χ1n) is 8.26. The quantitative estimate of drug-likeness (QED) is 0.642. The van der Waals surface area contributed by atoms with Gasteiger partial charge in [0.15, 0.2) is 0 Å². The van der Waals surface area contributed by atoms with E-state index in [9.17, 15) is 14.7 Å². The van der Waals surface area contributed by atoms with Gasteiger partial charge in [-0.1, -0.05) is 48.5 Å². The monoisotopic (exact) mass is 349 g/mol. The van der Waals surface area contributed by atoms with E-state index in [2.05, 4.69) is 16.7 Å². The third-order valence-corrected chi connectivity index (χ3v) is 4.11. The van der Waals surface area contributed by atoms with Crippen molar-refractivity contribution in [2.75, 3.05) is 0 Å². The molecule has 132 valence electrons. The highest BCUT2D eigenvalue weighted by atomic mass is 16.4. The third-order valence-electron chi connectivity index (χ3n) is 4.11. The Kier molecular flexibility index (Phi) is 5.12. The molecule has 0 aliphatic rings. The standard InChI is InChI=1S/C20H19N3O3/c1-2-3-12-23-18(21-20(26)22-23)13-14-8-10-15(11-9-14)16-6-4-5-7-17(16)19(24)25/h2,4-11H,1,3,12-13H2,(H,22,26)(H,24,25). The number of nitrogens with one attached hydrogen (secondary N) is 1. The number of hydrogen-bond donors (Lipinski definition) is 2. The van der Waals surface area contributed by atoms with Crippen molar-refractivity contribution < 1.29 is 9.90 Å². The summed E-state index contributed by atoms with van der Waals surface area (Å²) in [6.07, 6.45) is 3.04. The Morgan fingerprint density at radius 2 is 1.92 bits per heavy atom. The molecule has 1 aromatic heterocycles. The summed E-state index contributed by atoms with van der Waals surface area (Å²) in [5.41, 5.74) is 2.40. The van der Waals surface area contributed by atoms with Crippen LogP contribution in [0.5, 0.6) is 0 Å². The van der Waals surface area contributed by atoms with E-state index in [1.54, 1.807) is 29.0 Å². The summed E-state index contributed by atoms with van der Waals surface area (Å²) in [7, 11) is 0. The lowest BCUT2D eigenvalue weighted by molar-refractivity contribution is 0.0697. The van der Waals surface area contributed by atoms with Crippen molar-refractivity contribution in [1.29, 1.82) is 0 Å². The molecule has 0 spiro atoms. The van der Waals surface area contributed by atoms with E-state index in [1.165, 1.54) is 0 Å². The van der Waals surface area contributed by atoms with Gasteiger partial charge in [-0.05, 0) is 29.2 Å². The molecular formula is C20H19N3O3. The van der Waals surface area contributed by atoms with Crippen LogP contribution in [0.4, 0.5) is 0 Å². The number of aromatic amines is 1. The number of nitrogens with zero attached hydrogens (tertiary/aromatic N) is 2. The summed E-state index contributed by atoms with van der Waals surface area (Å²) < 4.78 is 1.73. The average Bonchev–Trinajstić information content (AvgIpc) is 2.99. The maximum absolute atomic E-state index is 11.5. The number of carbonyl (C=O) groups is 1. The van der Waals surface area contributed by atoms with Gasteiger partial charge < -0.3 is 5.11 Å². The van der Waals surface area contributed by atoms with Gasteiger partial charge in [-0.25, -0.2) is 14.7 Å². The van der Waals surface area contributed by atoms with Crippen LogP contribution in [0.1, 0.15) is 28.2 Å². The SMILES string of the molecule is C=CCCn1[nH]c(=O)nc1Cc1ccc(-c2ccccc2C(=O)O)cc1. The van der Waals surface area contributed by atoms with Crippen LogP contribution in [-0.2, 0) is 13.0 Å². The molecule has 3 rings (SSSR count). The van der Waals surface area contributed by atoms with Gasteiger partial charge in [0.2, 0.25) is 0 Å². The predicted molar refractivity (Wildman–Crippen MR) is 99.3 cm³/mol. The topological polar surface area (TPSA) is 88.0 Å². The normalized spacial score (nSPS) is 10.6. The summed E-state index contributed by atoms with van der Waals surface area (Å²) >= 11 is 0. The molecule has 0 saturated carbocycles. The van der Waals surface area contributed by atoms with Crippen molar-refractivity contribution in [3.63, 3.8) is 0 Å². The van der Waals surface area contributed by atoms with Crippen LogP contribution >= 0.6 is 0 Å². The molecule has 3 aromatic rings. The number of H-pyrrole nitrogens is 1. The molecule has 2 N–H and O–H groups in total.